The van der Waals surface area contributed by atoms with Crippen molar-refractivity contribution in [3.63, 3.8) is 0 Å². The van der Waals surface area contributed by atoms with Gasteiger partial charge in [-0.3, -0.25) is 0 Å². The number of benzene rings is 1. The van der Waals surface area contributed by atoms with Gasteiger partial charge in [0.25, 0.3) is 0 Å². The van der Waals surface area contributed by atoms with E-state index in [9.17, 15) is 26.1 Å². The smallest absolute Gasteiger partial charge is 0.445 e. The SMILES string of the molecule is F[B-](F)(F)c1ccc(Cl)c(OC(F)(F)F)c1. The van der Waals surface area contributed by atoms with Crippen molar-refractivity contribution in [3.05, 3.63) is 23.2 Å². The molecule has 0 unspecified atom stereocenters. The van der Waals surface area contributed by atoms with E-state index in [4.69, 9.17) is 11.6 Å². The van der Waals surface area contributed by atoms with Crippen molar-refractivity contribution < 1.29 is 30.9 Å². The lowest BCUT2D eigenvalue weighted by molar-refractivity contribution is -0.274. The standard InChI is InChI=1S/C7H3BClF6O/c9-5-2-1-4(8(13,14)15)3-6(5)16-7(10,11)12/h1-3H/q-1. The predicted molar refractivity (Wildman–Crippen MR) is 46.8 cm³/mol. The molecule has 16 heavy (non-hydrogen) atoms. The maximum atomic E-state index is 12.2. The first-order valence-corrected chi connectivity index (χ1v) is 4.22. The van der Waals surface area contributed by atoms with E-state index in [0.29, 0.717) is 12.1 Å². The highest BCUT2D eigenvalue weighted by atomic mass is 35.5. The summed E-state index contributed by atoms with van der Waals surface area (Å²) in [6.07, 6.45) is -5.08. The average molecular weight is 263 g/mol. The van der Waals surface area contributed by atoms with Gasteiger partial charge in [-0.2, -0.15) is 0 Å². The summed E-state index contributed by atoms with van der Waals surface area (Å²) in [5.74, 6) is -1.06. The normalized spacial score (nSPS) is 12.7. The highest BCUT2D eigenvalue weighted by Gasteiger charge is 2.33. The third kappa shape index (κ3) is 3.51. The lowest BCUT2D eigenvalue weighted by atomic mass is 9.80. The van der Waals surface area contributed by atoms with Gasteiger partial charge < -0.3 is 17.7 Å². The summed E-state index contributed by atoms with van der Waals surface area (Å²) in [5, 5.41) is -0.541. The Hall–Kier alpha value is -1.05. The number of hydrogen-bond acceptors (Lipinski definition) is 1. The second kappa shape index (κ2) is 4.08. The van der Waals surface area contributed by atoms with Crippen LogP contribution in [0.5, 0.6) is 5.75 Å². The molecular weight excluding hydrogens is 260 g/mol. The van der Waals surface area contributed by atoms with Gasteiger partial charge in [0.15, 0.2) is 0 Å². The van der Waals surface area contributed by atoms with Crippen LogP contribution >= 0.6 is 11.6 Å². The highest BCUT2D eigenvalue weighted by Crippen LogP contribution is 2.29. The van der Waals surface area contributed by atoms with Crippen molar-refractivity contribution in [1.82, 2.24) is 0 Å². The lowest BCUT2D eigenvalue weighted by Crippen LogP contribution is -2.34. The molecule has 0 aromatic heterocycles. The van der Waals surface area contributed by atoms with Crippen LogP contribution in [-0.4, -0.2) is 13.3 Å². The van der Waals surface area contributed by atoms with E-state index < -0.39 is 29.6 Å². The van der Waals surface area contributed by atoms with Crippen LogP contribution in [0, 0.1) is 0 Å². The largest absolute Gasteiger partial charge is 0.573 e. The zero-order valence-electron chi connectivity index (χ0n) is 7.36. The topological polar surface area (TPSA) is 9.23 Å². The second-order valence-electron chi connectivity index (χ2n) is 2.81. The first kappa shape index (κ1) is 13.0. The van der Waals surface area contributed by atoms with Gasteiger partial charge in [-0.15, -0.1) is 18.6 Å². The molecule has 0 saturated carbocycles. The molecule has 0 radical (unpaired) electrons. The molecule has 1 aromatic rings. The summed E-state index contributed by atoms with van der Waals surface area (Å²) in [5.41, 5.74) is -1.20. The van der Waals surface area contributed by atoms with Crippen LogP contribution in [0.4, 0.5) is 26.1 Å². The molecule has 0 amide bonds. The second-order valence-corrected chi connectivity index (χ2v) is 3.22. The molecule has 0 aliphatic carbocycles. The molecule has 0 fully saturated rings. The Bertz CT molecular complexity index is 387. The summed E-state index contributed by atoms with van der Waals surface area (Å²) in [4.78, 5) is 0. The van der Waals surface area contributed by atoms with Gasteiger partial charge in [0.2, 0.25) is 0 Å². The van der Waals surface area contributed by atoms with E-state index in [2.05, 4.69) is 4.74 Å². The number of ether oxygens (including phenoxy) is 1. The molecule has 0 bridgehead atoms. The van der Waals surface area contributed by atoms with Crippen molar-refractivity contribution >= 4 is 24.0 Å². The fourth-order valence-corrected chi connectivity index (χ4v) is 1.08. The van der Waals surface area contributed by atoms with Crippen molar-refractivity contribution in [2.45, 2.75) is 6.36 Å². The van der Waals surface area contributed by atoms with E-state index in [0.717, 1.165) is 0 Å². The molecule has 1 nitrogen and oxygen atoms in total. The minimum Gasteiger partial charge on any atom is -0.445 e. The fourth-order valence-electron chi connectivity index (χ4n) is 0.926. The van der Waals surface area contributed by atoms with Crippen LogP contribution in [0.15, 0.2) is 18.2 Å². The maximum Gasteiger partial charge on any atom is 0.573 e. The van der Waals surface area contributed by atoms with E-state index in [1.807, 2.05) is 0 Å². The van der Waals surface area contributed by atoms with Gasteiger partial charge in [0, 0.05) is 0 Å². The Morgan fingerprint density at radius 2 is 1.69 bits per heavy atom. The van der Waals surface area contributed by atoms with Crippen molar-refractivity contribution in [3.8, 4) is 5.75 Å². The van der Waals surface area contributed by atoms with Crippen molar-refractivity contribution in [2.75, 3.05) is 0 Å². The average Bonchev–Trinajstić information content (AvgIpc) is 2.04. The summed E-state index contributed by atoms with van der Waals surface area (Å²) < 4.78 is 75.4. The first-order chi connectivity index (χ1) is 7.09. The zero-order chi connectivity index (χ0) is 12.6. The Morgan fingerprint density at radius 1 is 1.12 bits per heavy atom. The monoisotopic (exact) mass is 263 g/mol. The van der Waals surface area contributed by atoms with E-state index in [1.165, 1.54) is 0 Å². The Labute approximate surface area is 91.0 Å². The van der Waals surface area contributed by atoms with Crippen LogP contribution in [0.25, 0.3) is 0 Å². The third-order valence-corrected chi connectivity index (χ3v) is 1.87. The van der Waals surface area contributed by atoms with Crippen LogP contribution < -0.4 is 10.2 Å². The Balaban J connectivity index is 3.10. The molecule has 9 heteroatoms. The van der Waals surface area contributed by atoms with E-state index in [-0.39, 0.29) is 6.07 Å². The summed E-state index contributed by atoms with van der Waals surface area (Å²) in [6, 6.07) is 1.51. The van der Waals surface area contributed by atoms with Crippen LogP contribution in [0.3, 0.4) is 0 Å². The molecule has 90 valence electrons. The predicted octanol–water partition coefficient (Wildman–Crippen LogP) is 3.29. The quantitative estimate of drug-likeness (QED) is 0.587. The molecule has 0 aliphatic rings. The molecule has 0 atom stereocenters. The molecule has 0 N–H and O–H groups in total. The fraction of sp³-hybridized carbons (Fsp3) is 0.143. The van der Waals surface area contributed by atoms with E-state index >= 15 is 0 Å². The molecule has 1 aromatic carbocycles. The van der Waals surface area contributed by atoms with Gasteiger partial charge in [-0.05, 0) is 12.1 Å². The summed E-state index contributed by atoms with van der Waals surface area (Å²) in [7, 11) is 0. The molecule has 1 rings (SSSR count). The third-order valence-electron chi connectivity index (χ3n) is 1.56. The molecule has 0 saturated heterocycles. The molecular formula is C7H3BClF6O-. The zero-order valence-corrected chi connectivity index (χ0v) is 8.12. The van der Waals surface area contributed by atoms with Gasteiger partial charge in [0.1, 0.15) is 5.75 Å². The summed E-state index contributed by atoms with van der Waals surface area (Å²) >= 11 is 5.27. The van der Waals surface area contributed by atoms with E-state index in [1.54, 1.807) is 0 Å². The lowest BCUT2D eigenvalue weighted by Gasteiger charge is -2.17. The highest BCUT2D eigenvalue weighted by molar-refractivity contribution is 6.73. The molecule has 0 heterocycles. The van der Waals surface area contributed by atoms with Crippen LogP contribution in [-0.2, 0) is 0 Å². The van der Waals surface area contributed by atoms with Crippen molar-refractivity contribution in [2.24, 2.45) is 0 Å². The minimum atomic E-state index is -5.39. The Morgan fingerprint density at radius 3 is 2.12 bits per heavy atom. The van der Waals surface area contributed by atoms with Crippen LogP contribution in [0.2, 0.25) is 5.02 Å². The Kier molecular flexibility index (Phi) is 3.32. The number of hydrogen-bond donors (Lipinski definition) is 0. The van der Waals surface area contributed by atoms with Gasteiger partial charge in [-0.1, -0.05) is 17.7 Å². The number of alkyl halides is 3. The maximum absolute atomic E-state index is 12.2. The van der Waals surface area contributed by atoms with Crippen LogP contribution in [0.1, 0.15) is 0 Å². The minimum absolute atomic E-state index is 0.218. The molecule has 0 spiro atoms. The first-order valence-electron chi connectivity index (χ1n) is 3.85. The van der Waals surface area contributed by atoms with Gasteiger partial charge in [0.05, 0.1) is 5.02 Å². The number of halogens is 7. The molecule has 0 aliphatic heterocycles. The van der Waals surface area contributed by atoms with Crippen molar-refractivity contribution in [1.29, 1.82) is 0 Å². The van der Waals surface area contributed by atoms with Gasteiger partial charge in [-0.25, -0.2) is 0 Å². The van der Waals surface area contributed by atoms with Gasteiger partial charge >= 0.3 is 13.3 Å². The number of rotatable bonds is 2. The summed E-state index contributed by atoms with van der Waals surface area (Å²) in [6.45, 7) is -5.39.